The van der Waals surface area contributed by atoms with Crippen molar-refractivity contribution in [1.29, 1.82) is 0 Å². The first kappa shape index (κ1) is 16.1. The number of hydrogen-bond acceptors (Lipinski definition) is 0. The molecular formula is C6H14AuBr-2. The molecule has 0 amide bonds. The molecule has 0 unspecified atom stereocenters. The SMILES string of the molecule is [Br][Au].[CH2-]CC.[CH2-]CC. The van der Waals surface area contributed by atoms with Crippen molar-refractivity contribution in [1.82, 2.24) is 0 Å². The van der Waals surface area contributed by atoms with E-state index < -0.39 is 0 Å². The van der Waals surface area contributed by atoms with Gasteiger partial charge in [-0.2, -0.15) is 12.8 Å². The van der Waals surface area contributed by atoms with Gasteiger partial charge in [-0.1, -0.05) is 13.8 Å². The molecule has 0 aliphatic heterocycles. The monoisotopic (exact) mass is 362 g/mol. The van der Waals surface area contributed by atoms with Crippen molar-refractivity contribution in [3.63, 3.8) is 0 Å². The second-order valence-electron chi connectivity index (χ2n) is 1.000. The van der Waals surface area contributed by atoms with Gasteiger partial charge in [0.2, 0.25) is 0 Å². The van der Waals surface area contributed by atoms with Crippen LogP contribution in [0.4, 0.5) is 0 Å². The summed E-state index contributed by atoms with van der Waals surface area (Å²) in [4.78, 5) is 0. The Morgan fingerprint density at radius 1 is 1.12 bits per heavy atom. The summed E-state index contributed by atoms with van der Waals surface area (Å²) < 4.78 is 0. The molecule has 0 N–H and O–H groups in total. The van der Waals surface area contributed by atoms with Crippen LogP contribution in [0.1, 0.15) is 26.7 Å². The summed E-state index contributed by atoms with van der Waals surface area (Å²) in [6.45, 7) is 11.0. The molecule has 0 atom stereocenters. The first-order valence-electron chi connectivity index (χ1n) is 2.53. The average Bonchev–Trinajstić information content (AvgIpc) is 1.75. The minimum atomic E-state index is 1.00. The maximum absolute atomic E-state index is 3.49. The maximum Gasteiger partial charge on any atom is -0.0927 e. The van der Waals surface area contributed by atoms with Crippen LogP contribution in [0.2, 0.25) is 0 Å². The molecule has 0 rings (SSSR count). The quantitative estimate of drug-likeness (QED) is 0.458. The summed E-state index contributed by atoms with van der Waals surface area (Å²) in [5.41, 5.74) is 0. The van der Waals surface area contributed by atoms with Crippen LogP contribution < -0.4 is 0 Å². The van der Waals surface area contributed by atoms with Crippen molar-refractivity contribution < 1.29 is 18.9 Å². The van der Waals surface area contributed by atoms with E-state index in [0.29, 0.717) is 0 Å². The number of halogens is 1. The van der Waals surface area contributed by atoms with E-state index in [-0.39, 0.29) is 0 Å². The predicted molar refractivity (Wildman–Crippen MR) is 40.2 cm³/mol. The van der Waals surface area contributed by atoms with E-state index in [1.54, 1.807) is 0 Å². The van der Waals surface area contributed by atoms with Crippen molar-refractivity contribution in [2.75, 3.05) is 0 Å². The van der Waals surface area contributed by atoms with Crippen molar-refractivity contribution >= 4 is 13.0 Å². The van der Waals surface area contributed by atoms with E-state index in [1.807, 2.05) is 13.8 Å². The second-order valence-corrected chi connectivity index (χ2v) is 1.000. The fraction of sp³-hybridized carbons (Fsp3) is 0.667. The first-order chi connectivity index (χ1) is 3.83. The summed E-state index contributed by atoms with van der Waals surface area (Å²) in [5.74, 6) is 0. The van der Waals surface area contributed by atoms with Gasteiger partial charge in [0, 0.05) is 0 Å². The van der Waals surface area contributed by atoms with Crippen LogP contribution in [0.15, 0.2) is 0 Å². The molecule has 0 aromatic rings. The van der Waals surface area contributed by atoms with Crippen LogP contribution in [0.5, 0.6) is 0 Å². The van der Waals surface area contributed by atoms with Gasteiger partial charge in [-0.05, 0) is 0 Å². The van der Waals surface area contributed by atoms with Gasteiger partial charge in [0.1, 0.15) is 0 Å². The average molecular weight is 363 g/mol. The third kappa shape index (κ3) is 188. The molecule has 8 heavy (non-hydrogen) atoms. The molecule has 0 aromatic heterocycles. The van der Waals surface area contributed by atoms with Gasteiger partial charge in [0.05, 0.1) is 0 Å². The molecule has 0 aliphatic carbocycles. The van der Waals surface area contributed by atoms with E-state index in [1.165, 1.54) is 0 Å². The van der Waals surface area contributed by atoms with Gasteiger partial charge in [-0.25, -0.2) is 0 Å². The molecule has 0 bridgehead atoms. The molecular weight excluding hydrogens is 349 g/mol. The Balaban J connectivity index is -0.0000000483. The van der Waals surface area contributed by atoms with Crippen molar-refractivity contribution in [2.45, 2.75) is 26.7 Å². The Bertz CT molecular complexity index is 10.5. The molecule has 0 heterocycles. The maximum atomic E-state index is 3.49. The van der Waals surface area contributed by atoms with E-state index in [9.17, 15) is 0 Å². The van der Waals surface area contributed by atoms with Crippen LogP contribution in [0.25, 0.3) is 0 Å². The minimum Gasteiger partial charge on any atom is -0.344 e. The van der Waals surface area contributed by atoms with Crippen LogP contribution in [0, 0.1) is 13.8 Å². The van der Waals surface area contributed by atoms with Crippen LogP contribution >= 0.6 is 13.0 Å². The molecule has 0 nitrogen and oxygen atoms in total. The van der Waals surface area contributed by atoms with Gasteiger partial charge >= 0.3 is 32.0 Å². The second kappa shape index (κ2) is 41.3. The summed E-state index contributed by atoms with van der Waals surface area (Å²) in [6.07, 6.45) is 2.00. The molecule has 0 aromatic carbocycles. The molecule has 0 spiro atoms. The summed E-state index contributed by atoms with van der Waals surface area (Å²) in [7, 11) is 0. The van der Waals surface area contributed by atoms with Crippen LogP contribution in [-0.2, 0) is 18.9 Å². The van der Waals surface area contributed by atoms with Gasteiger partial charge in [0.25, 0.3) is 0 Å². The fourth-order valence-electron chi connectivity index (χ4n) is 0. The van der Waals surface area contributed by atoms with Gasteiger partial charge in [-0.15, -0.1) is 0 Å². The molecule has 58 valence electrons. The molecule has 0 fully saturated rings. The van der Waals surface area contributed by atoms with E-state index in [2.05, 4.69) is 45.8 Å². The molecule has 0 aliphatic rings. The zero-order chi connectivity index (χ0) is 7.41. The summed E-state index contributed by atoms with van der Waals surface area (Å²) in [6, 6.07) is 0. The van der Waals surface area contributed by atoms with Crippen molar-refractivity contribution in [3.8, 4) is 0 Å². The van der Waals surface area contributed by atoms with E-state index in [4.69, 9.17) is 0 Å². The first-order valence-corrected chi connectivity index (χ1v) is 7.26. The predicted octanol–water partition coefficient (Wildman–Crippen LogP) is 3.30. The van der Waals surface area contributed by atoms with Gasteiger partial charge < -0.3 is 13.8 Å². The fourth-order valence-corrected chi connectivity index (χ4v) is 0. The van der Waals surface area contributed by atoms with Crippen LogP contribution in [0.3, 0.4) is 0 Å². The normalized spacial score (nSPS) is 5.38. The minimum absolute atomic E-state index is 1.00. The Hall–Kier alpha value is 1.22. The standard InChI is InChI=1S/2C3H7.Au.BrH/c2*1-3-2;;/h2*1,3H2,2H3;;1H/q2*-1;+1;/p-1. The van der Waals surface area contributed by atoms with E-state index in [0.717, 1.165) is 12.8 Å². The topological polar surface area (TPSA) is 0 Å². The Morgan fingerprint density at radius 2 is 1.12 bits per heavy atom. The Labute approximate surface area is 72.3 Å². The summed E-state index contributed by atoms with van der Waals surface area (Å²) in [5, 5.41) is 0. The number of hydrogen-bond donors (Lipinski definition) is 0. The van der Waals surface area contributed by atoms with Crippen molar-refractivity contribution in [2.24, 2.45) is 0 Å². The van der Waals surface area contributed by atoms with E-state index >= 15 is 0 Å². The molecule has 0 saturated heterocycles. The number of rotatable bonds is 0. The molecule has 0 radical (unpaired) electrons. The molecule has 2 heteroatoms. The van der Waals surface area contributed by atoms with Gasteiger partial charge in [-0.3, -0.25) is 0 Å². The third-order valence-corrected chi connectivity index (χ3v) is 0. The largest absolute Gasteiger partial charge is 0.344 e. The summed E-state index contributed by atoms with van der Waals surface area (Å²) >= 11 is 4.97. The Kier molecular flexibility index (Phi) is 83.2. The van der Waals surface area contributed by atoms with Crippen molar-refractivity contribution in [3.05, 3.63) is 13.8 Å². The zero-order valence-electron chi connectivity index (χ0n) is 5.51. The van der Waals surface area contributed by atoms with Crippen LogP contribution in [-0.4, -0.2) is 0 Å². The molecule has 0 saturated carbocycles. The zero-order valence-corrected chi connectivity index (χ0v) is 9.26. The Morgan fingerprint density at radius 3 is 1.12 bits per heavy atom. The smallest absolute Gasteiger partial charge is 0.0927 e. The van der Waals surface area contributed by atoms with Gasteiger partial charge in [0.15, 0.2) is 0 Å². The third-order valence-electron chi connectivity index (χ3n) is 0.